The molecule has 0 spiro atoms. The first-order valence-electron chi connectivity index (χ1n) is 0.617. The maximum atomic E-state index is 8.24. The minimum Gasteiger partial charge on any atom is -0.544 e. The zero-order chi connectivity index (χ0) is 5.41. The van der Waals surface area contributed by atoms with Gasteiger partial charge in [0.15, 0.2) is 0 Å². The van der Waals surface area contributed by atoms with E-state index in [0.717, 1.165) is 0 Å². The van der Waals surface area contributed by atoms with E-state index in [0.29, 0.717) is 0 Å². The van der Waals surface area contributed by atoms with Gasteiger partial charge in [-0.3, -0.25) is 0 Å². The Hall–Kier alpha value is 3.69. The first-order chi connectivity index (χ1) is 2.83. The monoisotopic (exact) mass is 212 g/mol. The van der Waals surface area contributed by atoms with E-state index in [2.05, 4.69) is 0 Å². The molecule has 0 radical (unpaired) electrons. The van der Waals surface area contributed by atoms with Gasteiger partial charge in [0.2, 0.25) is 0 Å². The quantitative estimate of drug-likeness (QED) is 0.373. The van der Waals surface area contributed by atoms with Crippen molar-refractivity contribution in [2.75, 3.05) is 0 Å². The molecule has 0 aromatic carbocycles. The van der Waals surface area contributed by atoms with Crippen LogP contribution in [0.2, 0.25) is 0 Å². The topological polar surface area (TPSA) is 92.2 Å². The van der Waals surface area contributed by atoms with Crippen LogP contribution in [0.5, 0.6) is 0 Å². The summed E-state index contributed by atoms with van der Waals surface area (Å²) in [6.07, 6.45) is 0. The molecule has 8 heteroatoms. The first-order valence-corrected chi connectivity index (χ1v) is 1.85. The fourth-order valence-electron chi connectivity index (χ4n) is 0. The van der Waals surface area contributed by atoms with Crippen LogP contribution in [0.15, 0.2) is 0 Å². The van der Waals surface area contributed by atoms with Crippen molar-refractivity contribution in [1.29, 1.82) is 0 Å². The molecule has 8 heavy (non-hydrogen) atoms. The van der Waals surface area contributed by atoms with E-state index in [9.17, 15) is 0 Å². The van der Waals surface area contributed by atoms with Crippen LogP contribution in [0, 0.1) is 22.7 Å². The summed E-state index contributed by atoms with van der Waals surface area (Å²) in [4.78, 5) is 0. The third kappa shape index (κ3) is 53.7. The summed E-state index contributed by atoms with van der Waals surface area (Å²) in [6.45, 7) is 0. The van der Waals surface area contributed by atoms with Gasteiger partial charge in [0.25, 0.3) is 0 Å². The van der Waals surface area contributed by atoms with Crippen LogP contribution in [0.25, 0.3) is 0 Å². The Morgan fingerprint density at radius 3 is 0.625 bits per heavy atom. The number of rotatable bonds is 0. The van der Waals surface area contributed by atoms with Gasteiger partial charge in [0.05, 0.1) is 22.7 Å². The molecule has 4 nitrogen and oxygen atoms in total. The summed E-state index contributed by atoms with van der Waals surface area (Å²) in [5, 5.41) is 0. The molecule has 0 bridgehead atoms. The molecule has 0 aromatic rings. The SMILES string of the molecule is [K+].[K+].[O-][Cl+][O-].[O-][Cl+][O-]. The van der Waals surface area contributed by atoms with Crippen molar-refractivity contribution in [2.24, 2.45) is 0 Å². The smallest absolute Gasteiger partial charge is 0.544 e. The predicted octanol–water partition coefficient (Wildman–Crippen LogP) is -10.7. The van der Waals surface area contributed by atoms with Crippen molar-refractivity contribution >= 4 is 0 Å². The van der Waals surface area contributed by atoms with E-state index in [1.54, 1.807) is 0 Å². The standard InChI is InChI=1S/2ClO2.2K/c2*2-1-3;;/q2*-1;2*+1. The van der Waals surface area contributed by atoms with Crippen LogP contribution in [-0.2, 0) is 0 Å². The van der Waals surface area contributed by atoms with Crippen LogP contribution >= 0.6 is 0 Å². The Bertz CT molecular complexity index is 14.0. The second kappa shape index (κ2) is 31.0. The molecule has 0 heterocycles. The number of hydrogen-bond acceptors (Lipinski definition) is 4. The van der Waals surface area contributed by atoms with Gasteiger partial charge in [-0.1, -0.05) is 0 Å². The van der Waals surface area contributed by atoms with E-state index in [1.165, 1.54) is 0 Å². The Morgan fingerprint density at radius 2 is 0.625 bits per heavy atom. The molecular weight excluding hydrogens is 213 g/mol. The minimum atomic E-state index is -0.417. The Labute approximate surface area is 140 Å². The van der Waals surface area contributed by atoms with Gasteiger partial charge >= 0.3 is 103 Å². The van der Waals surface area contributed by atoms with Gasteiger partial charge in [0, 0.05) is 0 Å². The minimum absolute atomic E-state index is 0. The van der Waals surface area contributed by atoms with Crippen molar-refractivity contribution in [3.8, 4) is 0 Å². The molecule has 0 atom stereocenters. The number of halogens is 2. The summed E-state index contributed by atoms with van der Waals surface area (Å²) in [7, 11) is 0. The summed E-state index contributed by atoms with van der Waals surface area (Å²) in [6, 6.07) is 0. The molecule has 0 unspecified atom stereocenters. The molecule has 0 rings (SSSR count). The van der Waals surface area contributed by atoms with Crippen molar-refractivity contribution in [1.82, 2.24) is 0 Å². The summed E-state index contributed by atoms with van der Waals surface area (Å²) in [5.74, 6) is 0. The molecule has 0 saturated carbocycles. The fourth-order valence-corrected chi connectivity index (χ4v) is 0. The molecule has 0 aromatic heterocycles. The normalized spacial score (nSPS) is 4.50. The molecule has 0 amide bonds. The molecule has 0 aliphatic heterocycles. The molecule has 0 saturated heterocycles. The summed E-state index contributed by atoms with van der Waals surface area (Å²) in [5.41, 5.74) is 0. The maximum absolute atomic E-state index is 8.24. The van der Waals surface area contributed by atoms with Gasteiger partial charge in [-0.05, 0) is 0 Å². The Balaban J connectivity index is -0.0000000160. The van der Waals surface area contributed by atoms with E-state index in [4.69, 9.17) is 18.6 Å². The molecule has 0 aliphatic carbocycles. The fraction of sp³-hybridized carbons (Fsp3) is 0. The van der Waals surface area contributed by atoms with Gasteiger partial charge in [-0.2, -0.15) is 0 Å². The molecule has 0 fully saturated rings. The number of hydrogen-bond donors (Lipinski definition) is 0. The maximum Gasteiger partial charge on any atom is 1.00 e. The van der Waals surface area contributed by atoms with Crippen molar-refractivity contribution < 1.29 is 144 Å². The van der Waals surface area contributed by atoms with Crippen LogP contribution in [0.3, 0.4) is 0 Å². The van der Waals surface area contributed by atoms with Gasteiger partial charge in [-0.25, -0.2) is 0 Å². The third-order valence-corrected chi connectivity index (χ3v) is 0. The average molecular weight is 213 g/mol. The van der Waals surface area contributed by atoms with Crippen LogP contribution in [0.4, 0.5) is 0 Å². The van der Waals surface area contributed by atoms with Gasteiger partial charge < -0.3 is 18.6 Å². The van der Waals surface area contributed by atoms with E-state index in [1.807, 2.05) is 0 Å². The van der Waals surface area contributed by atoms with E-state index < -0.39 is 22.7 Å². The molecule has 0 N–H and O–H groups in total. The summed E-state index contributed by atoms with van der Waals surface area (Å²) >= 11 is -0.833. The second-order valence-corrected chi connectivity index (χ2v) is 0.378. The zero-order valence-electron chi connectivity index (χ0n) is 4.39. The first kappa shape index (κ1) is 22.6. The van der Waals surface area contributed by atoms with Crippen molar-refractivity contribution in [2.45, 2.75) is 0 Å². The van der Waals surface area contributed by atoms with Gasteiger partial charge in [-0.15, -0.1) is 0 Å². The zero-order valence-corrected chi connectivity index (χ0v) is 12.1. The predicted molar refractivity (Wildman–Crippen MR) is 0 cm³/mol. The van der Waals surface area contributed by atoms with Crippen molar-refractivity contribution in [3.63, 3.8) is 0 Å². The van der Waals surface area contributed by atoms with Crippen LogP contribution in [0.1, 0.15) is 0 Å². The van der Waals surface area contributed by atoms with Crippen LogP contribution < -0.4 is 121 Å². The average Bonchev–Trinajstić information content (AvgIpc) is 1.39. The Morgan fingerprint density at radius 1 is 0.625 bits per heavy atom. The summed E-state index contributed by atoms with van der Waals surface area (Å²) < 4.78 is 32.9. The third-order valence-electron chi connectivity index (χ3n) is 0. The van der Waals surface area contributed by atoms with E-state index >= 15 is 0 Å². The van der Waals surface area contributed by atoms with Gasteiger partial charge in [0.1, 0.15) is 0 Å². The molecular formula is Cl2K2O4. The molecule has 40 valence electrons. The molecule has 0 aliphatic rings. The second-order valence-electron chi connectivity index (χ2n) is 0.126. The largest absolute Gasteiger partial charge is 1.00 e. The van der Waals surface area contributed by atoms with Crippen LogP contribution in [-0.4, -0.2) is 0 Å². The van der Waals surface area contributed by atoms with E-state index in [-0.39, 0.29) is 103 Å². The Kier molecular flexibility index (Phi) is 87.5. The van der Waals surface area contributed by atoms with Crippen molar-refractivity contribution in [3.05, 3.63) is 0 Å².